The van der Waals surface area contributed by atoms with Crippen molar-refractivity contribution in [2.75, 3.05) is 0 Å². The van der Waals surface area contributed by atoms with Crippen LogP contribution in [-0.4, -0.2) is 27.9 Å². The summed E-state index contributed by atoms with van der Waals surface area (Å²) in [5.41, 5.74) is 11.4. The monoisotopic (exact) mass is 389 g/mol. The Labute approximate surface area is 177 Å². The van der Waals surface area contributed by atoms with Gasteiger partial charge >= 0.3 is 0 Å². The SMILES string of the molecule is Cc1cc(CN2C=[N+](Cc3cc(C)c(C)c(C)c3)[C@@H]3CCCC[C@H]32)cc(C)c1C. The van der Waals surface area contributed by atoms with E-state index in [1.807, 2.05) is 0 Å². The highest BCUT2D eigenvalue weighted by Crippen LogP contribution is 2.31. The Balaban J connectivity index is 1.60. The molecule has 0 spiro atoms. The van der Waals surface area contributed by atoms with Gasteiger partial charge in [0.1, 0.15) is 25.2 Å². The van der Waals surface area contributed by atoms with E-state index in [-0.39, 0.29) is 0 Å². The molecule has 2 atom stereocenters. The molecule has 0 bridgehead atoms. The fourth-order valence-corrected chi connectivity index (χ4v) is 5.40. The lowest BCUT2D eigenvalue weighted by atomic mass is 9.89. The maximum Gasteiger partial charge on any atom is 0.235 e. The van der Waals surface area contributed by atoms with Crippen molar-refractivity contribution in [1.82, 2.24) is 4.90 Å². The minimum atomic E-state index is 0.665. The van der Waals surface area contributed by atoms with Crippen LogP contribution >= 0.6 is 0 Å². The highest BCUT2D eigenvalue weighted by atomic mass is 15.3. The molecule has 1 fully saturated rings. The van der Waals surface area contributed by atoms with Gasteiger partial charge in [0.25, 0.3) is 0 Å². The largest absolute Gasteiger partial charge is 0.257 e. The smallest absolute Gasteiger partial charge is 0.235 e. The third-order valence-corrected chi connectivity index (χ3v) is 7.55. The van der Waals surface area contributed by atoms with Crippen LogP contribution in [0, 0.1) is 41.5 Å². The van der Waals surface area contributed by atoms with Crippen LogP contribution in [-0.2, 0) is 13.1 Å². The van der Waals surface area contributed by atoms with Crippen LogP contribution in [0.1, 0.15) is 70.2 Å². The van der Waals surface area contributed by atoms with E-state index < -0.39 is 0 Å². The molecule has 1 heterocycles. The third kappa shape index (κ3) is 3.99. The van der Waals surface area contributed by atoms with E-state index in [0.29, 0.717) is 12.1 Å². The molecule has 0 radical (unpaired) electrons. The summed E-state index contributed by atoms with van der Waals surface area (Å²) in [6.45, 7) is 15.5. The van der Waals surface area contributed by atoms with Crippen LogP contribution in [0.5, 0.6) is 0 Å². The topological polar surface area (TPSA) is 6.25 Å². The molecule has 2 aromatic carbocycles. The van der Waals surface area contributed by atoms with Gasteiger partial charge in [0.05, 0.1) is 0 Å². The number of rotatable bonds is 4. The zero-order valence-corrected chi connectivity index (χ0v) is 19.2. The van der Waals surface area contributed by atoms with Gasteiger partial charge in [0.2, 0.25) is 6.34 Å². The molecule has 4 rings (SSSR count). The third-order valence-electron chi connectivity index (χ3n) is 7.55. The van der Waals surface area contributed by atoms with Crippen molar-refractivity contribution in [3.63, 3.8) is 0 Å². The molecule has 154 valence electrons. The lowest BCUT2D eigenvalue weighted by Gasteiger charge is -2.27. The minimum Gasteiger partial charge on any atom is -0.257 e. The Hall–Kier alpha value is -2.09. The van der Waals surface area contributed by atoms with Crippen molar-refractivity contribution < 1.29 is 4.58 Å². The zero-order chi connectivity index (χ0) is 20.7. The van der Waals surface area contributed by atoms with Gasteiger partial charge in [-0.25, -0.2) is 0 Å². The van der Waals surface area contributed by atoms with E-state index >= 15 is 0 Å². The minimum absolute atomic E-state index is 0.665. The number of fused-ring (bicyclic) bond motifs is 1. The van der Waals surface area contributed by atoms with E-state index in [9.17, 15) is 0 Å². The van der Waals surface area contributed by atoms with Crippen molar-refractivity contribution in [2.24, 2.45) is 0 Å². The van der Waals surface area contributed by atoms with E-state index in [1.165, 1.54) is 70.2 Å². The number of aryl methyl sites for hydroxylation is 4. The second-order valence-corrected chi connectivity index (χ2v) is 9.59. The molecule has 0 unspecified atom stereocenters. The number of benzene rings is 2. The summed E-state index contributed by atoms with van der Waals surface area (Å²) in [7, 11) is 0. The van der Waals surface area contributed by atoms with Gasteiger partial charge in [0.15, 0.2) is 0 Å². The fourth-order valence-electron chi connectivity index (χ4n) is 5.40. The van der Waals surface area contributed by atoms with Gasteiger partial charge in [-0.2, -0.15) is 0 Å². The predicted octanol–water partition coefficient (Wildman–Crippen LogP) is 5.90. The van der Waals surface area contributed by atoms with Crippen molar-refractivity contribution >= 4 is 6.34 Å². The molecule has 2 aliphatic rings. The Morgan fingerprint density at radius 1 is 0.759 bits per heavy atom. The lowest BCUT2D eigenvalue weighted by Crippen LogP contribution is -2.40. The average Bonchev–Trinajstić information content (AvgIpc) is 3.01. The van der Waals surface area contributed by atoms with Crippen LogP contribution in [0.2, 0.25) is 0 Å². The fraction of sp³-hybridized carbons (Fsp3) is 0.519. The predicted molar refractivity (Wildman–Crippen MR) is 123 cm³/mol. The Bertz CT molecular complexity index is 907. The van der Waals surface area contributed by atoms with Crippen LogP contribution in [0.3, 0.4) is 0 Å². The molecule has 2 aromatic rings. The van der Waals surface area contributed by atoms with E-state index in [0.717, 1.165) is 13.1 Å². The van der Waals surface area contributed by atoms with Gasteiger partial charge in [-0.1, -0.05) is 24.3 Å². The second-order valence-electron chi connectivity index (χ2n) is 9.59. The summed E-state index contributed by atoms with van der Waals surface area (Å²) in [5, 5.41) is 0. The highest BCUT2D eigenvalue weighted by Gasteiger charge is 2.43. The molecule has 1 saturated carbocycles. The van der Waals surface area contributed by atoms with Crippen LogP contribution in [0.15, 0.2) is 24.3 Å². The van der Waals surface area contributed by atoms with Gasteiger partial charge in [-0.3, -0.25) is 9.48 Å². The zero-order valence-electron chi connectivity index (χ0n) is 19.2. The Morgan fingerprint density at radius 2 is 1.28 bits per heavy atom. The lowest BCUT2D eigenvalue weighted by molar-refractivity contribution is -0.573. The van der Waals surface area contributed by atoms with Crippen LogP contribution < -0.4 is 0 Å². The summed E-state index contributed by atoms with van der Waals surface area (Å²) >= 11 is 0. The van der Waals surface area contributed by atoms with Gasteiger partial charge in [-0.05, 0) is 112 Å². The highest BCUT2D eigenvalue weighted by molar-refractivity contribution is 5.53. The molecule has 1 aliphatic heterocycles. The van der Waals surface area contributed by atoms with Gasteiger partial charge in [0, 0.05) is 0 Å². The normalized spacial score (nSPS) is 21.3. The molecule has 1 aliphatic carbocycles. The molecular weight excluding hydrogens is 352 g/mol. The van der Waals surface area contributed by atoms with E-state index in [1.54, 1.807) is 0 Å². The molecule has 0 saturated heterocycles. The van der Waals surface area contributed by atoms with Crippen molar-refractivity contribution in [1.29, 1.82) is 0 Å². The van der Waals surface area contributed by atoms with Gasteiger partial charge < -0.3 is 0 Å². The molecule has 2 nitrogen and oxygen atoms in total. The number of hydrogen-bond donors (Lipinski definition) is 0. The summed E-state index contributed by atoms with van der Waals surface area (Å²) in [5.74, 6) is 0. The Morgan fingerprint density at radius 3 is 1.86 bits per heavy atom. The summed E-state index contributed by atoms with van der Waals surface area (Å²) < 4.78 is 2.64. The van der Waals surface area contributed by atoms with Crippen LogP contribution in [0.4, 0.5) is 0 Å². The molecule has 0 N–H and O–H groups in total. The van der Waals surface area contributed by atoms with E-state index in [2.05, 4.69) is 81.6 Å². The summed E-state index contributed by atoms with van der Waals surface area (Å²) in [4.78, 5) is 2.64. The molecular formula is C27H37N2+. The van der Waals surface area contributed by atoms with Gasteiger partial charge in [-0.15, -0.1) is 0 Å². The molecule has 29 heavy (non-hydrogen) atoms. The molecule has 0 aromatic heterocycles. The number of hydrogen-bond acceptors (Lipinski definition) is 1. The summed E-state index contributed by atoms with van der Waals surface area (Å²) in [6.07, 6.45) is 7.85. The standard InChI is InChI=1S/C27H37N2/c1-18-11-24(12-19(2)22(18)5)15-28-17-29(27-10-8-7-9-26(27)28)16-25-13-20(3)23(6)21(4)14-25/h11-14,17,26-27H,7-10,15-16H2,1-6H3/q+1/t26-,27-/m1/s1. The number of nitrogens with zero attached hydrogens (tertiary/aromatic N) is 2. The first-order valence-electron chi connectivity index (χ1n) is 11.3. The first-order chi connectivity index (χ1) is 13.8. The second kappa shape index (κ2) is 7.97. The Kier molecular flexibility index (Phi) is 5.55. The first kappa shape index (κ1) is 20.2. The quantitative estimate of drug-likeness (QED) is 0.590. The van der Waals surface area contributed by atoms with E-state index in [4.69, 9.17) is 0 Å². The average molecular weight is 390 g/mol. The van der Waals surface area contributed by atoms with Crippen molar-refractivity contribution in [3.05, 3.63) is 68.8 Å². The molecule has 0 amide bonds. The maximum absolute atomic E-state index is 2.64. The maximum atomic E-state index is 2.64. The van der Waals surface area contributed by atoms with Crippen molar-refractivity contribution in [3.8, 4) is 0 Å². The summed E-state index contributed by atoms with van der Waals surface area (Å²) in [6, 6.07) is 10.9. The molecule has 2 heteroatoms. The van der Waals surface area contributed by atoms with Crippen molar-refractivity contribution in [2.45, 2.75) is 92.4 Å². The first-order valence-corrected chi connectivity index (χ1v) is 11.3. The van der Waals surface area contributed by atoms with Crippen LogP contribution in [0.25, 0.3) is 0 Å².